The third-order valence-corrected chi connectivity index (χ3v) is 4.39. The van der Waals surface area contributed by atoms with Crippen LogP contribution in [0.4, 0.5) is 10.5 Å². The number of fused-ring (bicyclic) bond motifs is 1. The second-order valence-electron chi connectivity index (χ2n) is 6.17. The summed E-state index contributed by atoms with van der Waals surface area (Å²) in [7, 11) is 0. The summed E-state index contributed by atoms with van der Waals surface area (Å²) in [6, 6.07) is 17.0. The smallest absolute Gasteiger partial charge is 0.325 e. The van der Waals surface area contributed by atoms with Crippen molar-refractivity contribution in [3.63, 3.8) is 0 Å². The van der Waals surface area contributed by atoms with Crippen molar-refractivity contribution in [2.45, 2.75) is 6.54 Å². The van der Waals surface area contributed by atoms with Gasteiger partial charge < -0.3 is 15.2 Å². The van der Waals surface area contributed by atoms with Crippen LogP contribution in [0.15, 0.2) is 54.6 Å². The van der Waals surface area contributed by atoms with E-state index >= 15 is 0 Å². The zero-order valence-corrected chi connectivity index (χ0v) is 14.2. The number of amides is 3. The van der Waals surface area contributed by atoms with Gasteiger partial charge in [-0.2, -0.15) is 0 Å². The van der Waals surface area contributed by atoms with Crippen LogP contribution in [0.5, 0.6) is 0 Å². The number of rotatable bonds is 5. The number of imidazole rings is 1. The molecular weight excluding hydrogens is 330 g/mol. The fourth-order valence-electron chi connectivity index (χ4n) is 3.08. The minimum atomic E-state index is -0.200. The molecule has 7 nitrogen and oxygen atoms in total. The minimum absolute atomic E-state index is 0.0440. The number of anilines is 1. The molecule has 2 N–H and O–H groups in total. The van der Waals surface area contributed by atoms with Gasteiger partial charge in [-0.25, -0.2) is 9.78 Å². The molecule has 1 saturated heterocycles. The van der Waals surface area contributed by atoms with Gasteiger partial charge in [-0.15, -0.1) is 0 Å². The Morgan fingerprint density at radius 3 is 2.65 bits per heavy atom. The molecule has 1 fully saturated rings. The summed E-state index contributed by atoms with van der Waals surface area (Å²) in [6.45, 7) is 1.46. The summed E-state index contributed by atoms with van der Waals surface area (Å²) >= 11 is 0. The van der Waals surface area contributed by atoms with Crippen molar-refractivity contribution < 1.29 is 9.59 Å². The van der Waals surface area contributed by atoms with Crippen LogP contribution in [0.3, 0.4) is 0 Å². The Hall–Kier alpha value is -3.35. The predicted molar refractivity (Wildman–Crippen MR) is 98.7 cm³/mol. The number of hydrogen-bond donors (Lipinski definition) is 2. The van der Waals surface area contributed by atoms with E-state index in [1.54, 1.807) is 9.80 Å². The maximum absolute atomic E-state index is 12.5. The van der Waals surface area contributed by atoms with E-state index in [1.165, 1.54) is 0 Å². The van der Waals surface area contributed by atoms with E-state index in [0.717, 1.165) is 16.7 Å². The number of H-pyrrole nitrogens is 1. The standard InChI is InChI=1S/C19H19N5O2/c25-18(20-12-17-21-15-8-4-5-9-16(15)22-17)13-23-10-11-24(19(23)26)14-6-2-1-3-7-14/h1-9H,10-13H2,(H,20,25)(H,21,22). The average molecular weight is 349 g/mol. The number of nitrogens with zero attached hydrogens (tertiary/aromatic N) is 3. The molecule has 0 bridgehead atoms. The van der Waals surface area contributed by atoms with Gasteiger partial charge in [0.1, 0.15) is 12.4 Å². The lowest BCUT2D eigenvalue weighted by Crippen LogP contribution is -2.39. The number of nitrogens with one attached hydrogen (secondary N) is 2. The third-order valence-electron chi connectivity index (χ3n) is 4.39. The summed E-state index contributed by atoms with van der Waals surface area (Å²) in [4.78, 5) is 35.5. The maximum atomic E-state index is 12.5. The summed E-state index contributed by atoms with van der Waals surface area (Å²) in [5.41, 5.74) is 2.65. The second kappa shape index (κ2) is 6.87. The molecule has 1 aliphatic heterocycles. The molecule has 0 spiro atoms. The van der Waals surface area contributed by atoms with E-state index in [0.29, 0.717) is 25.5 Å². The van der Waals surface area contributed by atoms with E-state index in [1.807, 2.05) is 54.6 Å². The molecule has 0 saturated carbocycles. The van der Waals surface area contributed by atoms with Crippen molar-refractivity contribution in [2.24, 2.45) is 0 Å². The van der Waals surface area contributed by atoms with Crippen LogP contribution < -0.4 is 10.2 Å². The predicted octanol–water partition coefficient (Wildman–Crippen LogP) is 2.12. The van der Waals surface area contributed by atoms with Crippen molar-refractivity contribution in [3.8, 4) is 0 Å². The first kappa shape index (κ1) is 16.1. The molecule has 0 aliphatic carbocycles. The lowest BCUT2D eigenvalue weighted by Gasteiger charge is -2.18. The van der Waals surface area contributed by atoms with Crippen molar-refractivity contribution in [1.29, 1.82) is 0 Å². The molecule has 26 heavy (non-hydrogen) atoms. The van der Waals surface area contributed by atoms with Gasteiger partial charge in [0.25, 0.3) is 0 Å². The molecule has 3 aromatic rings. The number of carbonyl (C=O) groups excluding carboxylic acids is 2. The summed E-state index contributed by atoms with van der Waals surface area (Å²) in [5, 5.41) is 2.82. The van der Waals surface area contributed by atoms with E-state index in [4.69, 9.17) is 0 Å². The van der Waals surface area contributed by atoms with Gasteiger partial charge in [0.15, 0.2) is 0 Å². The van der Waals surface area contributed by atoms with E-state index in [-0.39, 0.29) is 18.5 Å². The first-order valence-corrected chi connectivity index (χ1v) is 8.52. The Morgan fingerprint density at radius 1 is 1.08 bits per heavy atom. The van der Waals surface area contributed by atoms with Gasteiger partial charge >= 0.3 is 6.03 Å². The highest BCUT2D eigenvalue weighted by molar-refractivity contribution is 5.96. The van der Waals surface area contributed by atoms with E-state index < -0.39 is 0 Å². The highest BCUT2D eigenvalue weighted by Crippen LogP contribution is 2.19. The summed E-state index contributed by atoms with van der Waals surface area (Å²) in [6.07, 6.45) is 0. The molecule has 0 atom stereocenters. The zero-order valence-electron chi connectivity index (χ0n) is 14.2. The Bertz CT molecular complexity index is 904. The fourth-order valence-corrected chi connectivity index (χ4v) is 3.08. The lowest BCUT2D eigenvalue weighted by atomic mass is 10.3. The first-order valence-electron chi connectivity index (χ1n) is 8.52. The molecule has 7 heteroatoms. The van der Waals surface area contributed by atoms with Gasteiger partial charge in [0.2, 0.25) is 5.91 Å². The normalized spacial score (nSPS) is 14.2. The average Bonchev–Trinajstić information content (AvgIpc) is 3.24. The van der Waals surface area contributed by atoms with Crippen molar-refractivity contribution >= 4 is 28.7 Å². The number of urea groups is 1. The van der Waals surface area contributed by atoms with Crippen LogP contribution in [0.25, 0.3) is 11.0 Å². The van der Waals surface area contributed by atoms with Crippen LogP contribution >= 0.6 is 0 Å². The lowest BCUT2D eigenvalue weighted by molar-refractivity contribution is -0.121. The Labute approximate surface area is 150 Å². The molecule has 0 radical (unpaired) electrons. The fraction of sp³-hybridized carbons (Fsp3) is 0.211. The Morgan fingerprint density at radius 2 is 1.85 bits per heavy atom. The van der Waals surface area contributed by atoms with Gasteiger partial charge in [0.05, 0.1) is 17.6 Å². The van der Waals surface area contributed by atoms with Crippen molar-refractivity contribution in [1.82, 2.24) is 20.2 Å². The molecule has 132 valence electrons. The van der Waals surface area contributed by atoms with Crippen molar-refractivity contribution in [2.75, 3.05) is 24.5 Å². The Balaban J connectivity index is 1.33. The molecule has 1 aromatic heterocycles. The number of aromatic amines is 1. The molecule has 3 amide bonds. The molecule has 2 heterocycles. The number of hydrogen-bond acceptors (Lipinski definition) is 3. The Kier molecular flexibility index (Phi) is 4.27. The molecule has 4 rings (SSSR count). The number of para-hydroxylation sites is 3. The molecule has 2 aromatic carbocycles. The first-order chi connectivity index (χ1) is 12.7. The van der Waals surface area contributed by atoms with Crippen LogP contribution in [0, 0.1) is 0 Å². The number of aromatic nitrogens is 2. The molecular formula is C19H19N5O2. The van der Waals surface area contributed by atoms with Crippen LogP contribution in [0.1, 0.15) is 5.82 Å². The maximum Gasteiger partial charge on any atom is 0.325 e. The van der Waals surface area contributed by atoms with Crippen LogP contribution in [-0.2, 0) is 11.3 Å². The molecule has 0 unspecified atom stereocenters. The van der Waals surface area contributed by atoms with E-state index in [9.17, 15) is 9.59 Å². The summed E-state index contributed by atoms with van der Waals surface area (Å²) in [5.74, 6) is 0.493. The highest BCUT2D eigenvalue weighted by atomic mass is 16.2. The van der Waals surface area contributed by atoms with Gasteiger partial charge in [0, 0.05) is 18.8 Å². The third kappa shape index (κ3) is 3.23. The van der Waals surface area contributed by atoms with E-state index in [2.05, 4.69) is 15.3 Å². The number of benzene rings is 2. The highest BCUT2D eigenvalue weighted by Gasteiger charge is 2.30. The van der Waals surface area contributed by atoms with Gasteiger partial charge in [-0.1, -0.05) is 30.3 Å². The van der Waals surface area contributed by atoms with Gasteiger partial charge in [-0.3, -0.25) is 9.69 Å². The summed E-state index contributed by atoms with van der Waals surface area (Å²) < 4.78 is 0. The number of carbonyl (C=O) groups is 2. The topological polar surface area (TPSA) is 81.3 Å². The quantitative estimate of drug-likeness (QED) is 0.740. The second-order valence-corrected chi connectivity index (χ2v) is 6.17. The minimum Gasteiger partial charge on any atom is -0.347 e. The zero-order chi connectivity index (χ0) is 17.9. The van der Waals surface area contributed by atoms with Crippen LogP contribution in [0.2, 0.25) is 0 Å². The van der Waals surface area contributed by atoms with Crippen molar-refractivity contribution in [3.05, 3.63) is 60.4 Å². The largest absolute Gasteiger partial charge is 0.347 e. The molecule has 1 aliphatic rings. The van der Waals surface area contributed by atoms with Gasteiger partial charge in [-0.05, 0) is 24.3 Å². The van der Waals surface area contributed by atoms with Crippen LogP contribution in [-0.4, -0.2) is 46.4 Å². The monoisotopic (exact) mass is 349 g/mol. The SMILES string of the molecule is O=C(CN1CCN(c2ccccc2)C1=O)NCc1nc2ccccc2[nH]1.